The average molecular weight is 186 g/mol. The number of halogens is 1. The van der Waals surface area contributed by atoms with Gasteiger partial charge in [0.1, 0.15) is 0 Å². The van der Waals surface area contributed by atoms with E-state index in [0.29, 0.717) is 17.2 Å². The zero-order valence-electron chi connectivity index (χ0n) is 6.97. The lowest BCUT2D eigenvalue weighted by Gasteiger charge is -2.14. The molecule has 12 heavy (non-hydrogen) atoms. The van der Waals surface area contributed by atoms with E-state index in [2.05, 4.69) is 0 Å². The maximum absolute atomic E-state index is 9.47. The number of hydrogen-bond donors (Lipinski definition) is 2. The van der Waals surface area contributed by atoms with E-state index in [0.717, 1.165) is 17.6 Å². The second-order valence-corrected chi connectivity index (χ2v) is 3.09. The molecule has 3 N–H and O–H groups in total. The molecule has 0 saturated carbocycles. The van der Waals surface area contributed by atoms with Crippen LogP contribution in [0, 0.1) is 0 Å². The van der Waals surface area contributed by atoms with Crippen LogP contribution in [0.25, 0.3) is 0 Å². The maximum Gasteiger partial charge on any atom is 0.0999 e. The van der Waals surface area contributed by atoms with Crippen molar-refractivity contribution in [2.75, 3.05) is 0 Å². The topological polar surface area (TPSA) is 46.2 Å². The minimum absolute atomic E-state index is 0.374. The van der Waals surface area contributed by atoms with E-state index in [9.17, 15) is 5.11 Å². The van der Waals surface area contributed by atoms with Crippen LogP contribution in [0.3, 0.4) is 0 Å². The number of allylic oxidation sites excluding steroid dienone is 4. The van der Waals surface area contributed by atoms with Crippen LogP contribution in [0.2, 0.25) is 0 Å². The van der Waals surface area contributed by atoms with Crippen LogP contribution >= 0.6 is 11.6 Å². The fourth-order valence-corrected chi connectivity index (χ4v) is 1.41. The van der Waals surface area contributed by atoms with Crippen LogP contribution in [0.15, 0.2) is 34.2 Å². The average Bonchev–Trinajstić information content (AvgIpc) is 2.08. The molecule has 0 spiro atoms. The van der Waals surface area contributed by atoms with Gasteiger partial charge in [-0.15, -0.1) is 0 Å². The van der Waals surface area contributed by atoms with Gasteiger partial charge in [0, 0.05) is 11.5 Å². The highest BCUT2D eigenvalue weighted by atomic mass is 35.5. The lowest BCUT2D eigenvalue weighted by molar-refractivity contribution is 0.390. The minimum Gasteiger partial charge on any atom is -0.512 e. The van der Waals surface area contributed by atoms with Crippen LogP contribution in [0.4, 0.5) is 0 Å². The van der Waals surface area contributed by atoms with Gasteiger partial charge in [-0.25, -0.2) is 0 Å². The lowest BCUT2D eigenvalue weighted by atomic mass is 9.99. The third-order valence-corrected chi connectivity index (χ3v) is 2.27. The van der Waals surface area contributed by atoms with Crippen molar-refractivity contribution in [2.45, 2.75) is 19.8 Å². The molecule has 0 bridgehead atoms. The van der Waals surface area contributed by atoms with E-state index in [1.54, 1.807) is 6.08 Å². The molecule has 0 aromatic rings. The number of nitrogens with two attached hydrogens (primary N) is 1. The van der Waals surface area contributed by atoms with Crippen molar-refractivity contribution in [1.82, 2.24) is 0 Å². The number of hydrogen-bond acceptors (Lipinski definition) is 2. The summed E-state index contributed by atoms with van der Waals surface area (Å²) >= 11 is 5.89. The number of rotatable bonds is 1. The molecule has 0 radical (unpaired) electrons. The largest absolute Gasteiger partial charge is 0.512 e. The van der Waals surface area contributed by atoms with Crippen molar-refractivity contribution >= 4 is 11.6 Å². The van der Waals surface area contributed by atoms with Gasteiger partial charge in [-0.3, -0.25) is 0 Å². The molecule has 2 nitrogen and oxygen atoms in total. The first-order valence-corrected chi connectivity index (χ1v) is 4.26. The minimum atomic E-state index is 0.374. The summed E-state index contributed by atoms with van der Waals surface area (Å²) in [5.74, 6) is 0.374. The molecule has 0 atom stereocenters. The van der Waals surface area contributed by atoms with Crippen LogP contribution in [-0.2, 0) is 0 Å². The van der Waals surface area contributed by atoms with E-state index in [-0.39, 0.29) is 0 Å². The van der Waals surface area contributed by atoms with E-state index >= 15 is 0 Å². The summed E-state index contributed by atoms with van der Waals surface area (Å²) in [7, 11) is 0. The molecular weight excluding hydrogens is 174 g/mol. The van der Waals surface area contributed by atoms with Gasteiger partial charge < -0.3 is 10.8 Å². The molecule has 0 heterocycles. The molecular formula is C9H12ClNO. The summed E-state index contributed by atoms with van der Waals surface area (Å²) in [4.78, 5) is 0. The molecule has 0 aromatic heterocycles. The Morgan fingerprint density at radius 2 is 2.42 bits per heavy atom. The zero-order chi connectivity index (χ0) is 9.14. The van der Waals surface area contributed by atoms with Crippen LogP contribution < -0.4 is 5.73 Å². The van der Waals surface area contributed by atoms with E-state index in [1.165, 1.54) is 6.20 Å². The second kappa shape index (κ2) is 3.68. The maximum atomic E-state index is 9.47. The summed E-state index contributed by atoms with van der Waals surface area (Å²) in [5, 5.41) is 10.1. The van der Waals surface area contributed by atoms with Gasteiger partial charge >= 0.3 is 0 Å². The molecule has 0 unspecified atom stereocenters. The molecule has 0 fully saturated rings. The number of aliphatic hydroxyl groups is 1. The molecule has 66 valence electrons. The summed E-state index contributed by atoms with van der Waals surface area (Å²) in [6.45, 7) is 1.98. The van der Waals surface area contributed by atoms with Gasteiger partial charge in [-0.05, 0) is 29.8 Å². The Labute approximate surface area is 77.0 Å². The monoisotopic (exact) mass is 185 g/mol. The summed E-state index contributed by atoms with van der Waals surface area (Å²) < 4.78 is 0. The highest BCUT2D eigenvalue weighted by molar-refractivity contribution is 6.32. The first kappa shape index (κ1) is 9.20. The predicted octanol–water partition coefficient (Wildman–Crippen LogP) is 2.58. The van der Waals surface area contributed by atoms with E-state index < -0.39 is 0 Å². The molecule has 1 aliphatic carbocycles. The molecule has 0 saturated heterocycles. The fourth-order valence-electron chi connectivity index (χ4n) is 1.15. The van der Waals surface area contributed by atoms with E-state index in [4.69, 9.17) is 17.3 Å². The quantitative estimate of drug-likeness (QED) is 0.660. The standard InChI is InChI=1S/C9H12ClNO/c1-2-6-3-8(10)7(5-11)4-9(6)12/h3,5,12H,2,4,11H2,1H3/b7-5+. The SMILES string of the molecule is CCC1=C(O)C/C(=C\N)C(Cl)=C1. The van der Waals surface area contributed by atoms with Crippen LogP contribution in [-0.4, -0.2) is 5.11 Å². The molecule has 0 aromatic carbocycles. The lowest BCUT2D eigenvalue weighted by Crippen LogP contribution is -2.01. The normalized spacial score (nSPS) is 21.5. The highest BCUT2D eigenvalue weighted by Gasteiger charge is 2.14. The smallest absolute Gasteiger partial charge is 0.0999 e. The molecule has 1 rings (SSSR count). The Morgan fingerprint density at radius 1 is 1.75 bits per heavy atom. The third-order valence-electron chi connectivity index (χ3n) is 1.92. The molecule has 3 heteroatoms. The molecule has 1 aliphatic rings. The Bertz CT molecular complexity index is 276. The Morgan fingerprint density at radius 3 is 2.92 bits per heavy atom. The van der Waals surface area contributed by atoms with Crippen molar-refractivity contribution in [3.05, 3.63) is 34.2 Å². The van der Waals surface area contributed by atoms with Crippen molar-refractivity contribution < 1.29 is 5.11 Å². The third kappa shape index (κ3) is 1.64. The van der Waals surface area contributed by atoms with Crippen molar-refractivity contribution in [3.63, 3.8) is 0 Å². The van der Waals surface area contributed by atoms with Gasteiger partial charge in [0.15, 0.2) is 0 Å². The van der Waals surface area contributed by atoms with Crippen molar-refractivity contribution in [3.8, 4) is 0 Å². The Balaban J connectivity index is 2.99. The van der Waals surface area contributed by atoms with Crippen molar-refractivity contribution in [1.29, 1.82) is 0 Å². The van der Waals surface area contributed by atoms with Crippen molar-refractivity contribution in [2.24, 2.45) is 5.73 Å². The first-order chi connectivity index (χ1) is 5.69. The van der Waals surface area contributed by atoms with E-state index in [1.807, 2.05) is 6.92 Å². The fraction of sp³-hybridized carbons (Fsp3) is 0.333. The Kier molecular flexibility index (Phi) is 2.82. The van der Waals surface area contributed by atoms with Gasteiger partial charge in [0.2, 0.25) is 0 Å². The first-order valence-electron chi connectivity index (χ1n) is 3.88. The van der Waals surface area contributed by atoms with Crippen LogP contribution in [0.1, 0.15) is 19.8 Å². The van der Waals surface area contributed by atoms with Gasteiger partial charge in [0.25, 0.3) is 0 Å². The Hall–Kier alpha value is -0.890. The summed E-state index contributed by atoms with van der Waals surface area (Å²) in [6, 6.07) is 0. The summed E-state index contributed by atoms with van der Waals surface area (Å²) in [6.07, 6.45) is 4.44. The molecule has 0 amide bonds. The zero-order valence-corrected chi connectivity index (χ0v) is 7.73. The summed E-state index contributed by atoms with van der Waals surface area (Å²) in [5.41, 5.74) is 7.00. The number of aliphatic hydroxyl groups excluding tert-OH is 1. The second-order valence-electron chi connectivity index (χ2n) is 2.69. The van der Waals surface area contributed by atoms with Gasteiger partial charge in [0.05, 0.1) is 5.76 Å². The predicted molar refractivity (Wildman–Crippen MR) is 50.8 cm³/mol. The van der Waals surface area contributed by atoms with Crippen LogP contribution in [0.5, 0.6) is 0 Å². The van der Waals surface area contributed by atoms with Gasteiger partial charge in [-0.2, -0.15) is 0 Å². The highest BCUT2D eigenvalue weighted by Crippen LogP contribution is 2.30. The van der Waals surface area contributed by atoms with Gasteiger partial charge in [-0.1, -0.05) is 18.5 Å². The molecule has 0 aliphatic heterocycles.